The van der Waals surface area contributed by atoms with Crippen molar-refractivity contribution in [3.8, 4) is 0 Å². The molecule has 3 saturated carbocycles. The number of rotatable bonds is 7. The van der Waals surface area contributed by atoms with E-state index in [-0.39, 0.29) is 0 Å². The topological polar surface area (TPSA) is 26.0 Å². The molecule has 0 aromatic heterocycles. The van der Waals surface area contributed by atoms with Crippen molar-refractivity contribution in [1.29, 1.82) is 0 Å². The monoisotopic (exact) mass is 235 g/mol. The zero-order chi connectivity index (χ0) is 11.8. The molecular formula is C16H29N. The standard InChI is InChI=1S/C16H29N/c1-2-3-4-5-6-7-13(17)16-14-11-8-9-12(10-11)15(14)16/h11-16H,2-10,17H2,1H3. The molecule has 0 aliphatic heterocycles. The minimum absolute atomic E-state index is 0.551. The fraction of sp³-hybridized carbons (Fsp3) is 1.00. The van der Waals surface area contributed by atoms with Gasteiger partial charge in [-0.2, -0.15) is 0 Å². The predicted molar refractivity (Wildman–Crippen MR) is 72.7 cm³/mol. The summed E-state index contributed by atoms with van der Waals surface area (Å²) in [5.74, 6) is 5.31. The van der Waals surface area contributed by atoms with Crippen LogP contribution in [0.4, 0.5) is 0 Å². The van der Waals surface area contributed by atoms with Crippen LogP contribution in [0.5, 0.6) is 0 Å². The van der Waals surface area contributed by atoms with Crippen LogP contribution in [0, 0.1) is 29.6 Å². The molecule has 5 unspecified atom stereocenters. The zero-order valence-corrected chi connectivity index (χ0v) is 11.4. The third kappa shape index (κ3) is 2.16. The summed E-state index contributed by atoms with van der Waals surface area (Å²) in [6.45, 7) is 2.28. The van der Waals surface area contributed by atoms with Gasteiger partial charge in [0.25, 0.3) is 0 Å². The Morgan fingerprint density at radius 3 is 2.29 bits per heavy atom. The van der Waals surface area contributed by atoms with E-state index in [0.717, 1.165) is 29.6 Å². The molecule has 3 aliphatic carbocycles. The molecule has 1 heteroatoms. The lowest BCUT2D eigenvalue weighted by atomic mass is 9.94. The molecule has 3 aliphatic rings. The summed E-state index contributed by atoms with van der Waals surface area (Å²) < 4.78 is 0. The molecule has 17 heavy (non-hydrogen) atoms. The maximum Gasteiger partial charge on any atom is 0.00728 e. The van der Waals surface area contributed by atoms with Gasteiger partial charge in [-0.25, -0.2) is 0 Å². The minimum Gasteiger partial charge on any atom is -0.327 e. The van der Waals surface area contributed by atoms with Crippen molar-refractivity contribution in [2.75, 3.05) is 0 Å². The van der Waals surface area contributed by atoms with E-state index in [4.69, 9.17) is 5.73 Å². The summed E-state index contributed by atoms with van der Waals surface area (Å²) in [7, 11) is 0. The maximum atomic E-state index is 6.44. The van der Waals surface area contributed by atoms with Gasteiger partial charge in [0.1, 0.15) is 0 Å². The van der Waals surface area contributed by atoms with Crippen LogP contribution in [-0.2, 0) is 0 Å². The lowest BCUT2D eigenvalue weighted by molar-refractivity contribution is 0.389. The van der Waals surface area contributed by atoms with Crippen molar-refractivity contribution in [2.45, 2.75) is 70.8 Å². The van der Waals surface area contributed by atoms with Gasteiger partial charge in [0.15, 0.2) is 0 Å². The summed E-state index contributed by atoms with van der Waals surface area (Å²) in [5, 5.41) is 0. The van der Waals surface area contributed by atoms with Gasteiger partial charge >= 0.3 is 0 Å². The van der Waals surface area contributed by atoms with Crippen LogP contribution < -0.4 is 5.73 Å². The average Bonchev–Trinajstić information content (AvgIpc) is 2.78. The van der Waals surface area contributed by atoms with Gasteiger partial charge < -0.3 is 5.73 Å². The molecule has 0 radical (unpaired) electrons. The third-order valence-electron chi connectivity index (χ3n) is 5.93. The van der Waals surface area contributed by atoms with Crippen molar-refractivity contribution in [1.82, 2.24) is 0 Å². The molecule has 2 N–H and O–H groups in total. The number of hydrogen-bond acceptors (Lipinski definition) is 1. The number of hydrogen-bond donors (Lipinski definition) is 1. The van der Waals surface area contributed by atoms with E-state index in [2.05, 4.69) is 6.92 Å². The van der Waals surface area contributed by atoms with E-state index in [1.807, 2.05) is 0 Å². The summed E-state index contributed by atoms with van der Waals surface area (Å²) >= 11 is 0. The van der Waals surface area contributed by atoms with Crippen molar-refractivity contribution in [3.63, 3.8) is 0 Å². The molecular weight excluding hydrogens is 206 g/mol. The van der Waals surface area contributed by atoms with Gasteiger partial charge in [0.2, 0.25) is 0 Å². The highest BCUT2D eigenvalue weighted by molar-refractivity contribution is 5.15. The molecule has 98 valence electrons. The van der Waals surface area contributed by atoms with Gasteiger partial charge in [-0.3, -0.25) is 0 Å². The largest absolute Gasteiger partial charge is 0.327 e. The highest BCUT2D eigenvalue weighted by Gasteiger charge is 2.65. The van der Waals surface area contributed by atoms with E-state index < -0.39 is 0 Å². The van der Waals surface area contributed by atoms with Crippen LogP contribution in [0.25, 0.3) is 0 Å². The Labute approximate surface area is 107 Å². The molecule has 0 saturated heterocycles. The van der Waals surface area contributed by atoms with Crippen LogP contribution in [0.15, 0.2) is 0 Å². The Bertz CT molecular complexity index is 246. The van der Waals surface area contributed by atoms with Crippen molar-refractivity contribution in [2.24, 2.45) is 35.3 Å². The van der Waals surface area contributed by atoms with Gasteiger partial charge in [-0.1, -0.05) is 39.0 Å². The number of unbranched alkanes of at least 4 members (excludes halogenated alkanes) is 4. The second-order valence-electron chi connectivity index (χ2n) is 6.93. The third-order valence-corrected chi connectivity index (χ3v) is 5.93. The summed E-state index contributed by atoms with van der Waals surface area (Å²) in [4.78, 5) is 0. The van der Waals surface area contributed by atoms with Crippen molar-refractivity contribution < 1.29 is 0 Å². The van der Waals surface area contributed by atoms with Gasteiger partial charge in [-0.15, -0.1) is 0 Å². The van der Waals surface area contributed by atoms with E-state index in [9.17, 15) is 0 Å². The summed E-state index contributed by atoms with van der Waals surface area (Å²) in [5.41, 5.74) is 6.44. The number of fused-ring (bicyclic) bond motifs is 5. The van der Waals surface area contributed by atoms with Crippen molar-refractivity contribution in [3.05, 3.63) is 0 Å². The molecule has 5 atom stereocenters. The maximum absolute atomic E-state index is 6.44. The minimum atomic E-state index is 0.551. The van der Waals surface area contributed by atoms with Crippen LogP contribution >= 0.6 is 0 Å². The average molecular weight is 235 g/mol. The molecule has 3 rings (SSSR count). The van der Waals surface area contributed by atoms with Crippen molar-refractivity contribution >= 4 is 0 Å². The number of nitrogens with two attached hydrogens (primary N) is 1. The smallest absolute Gasteiger partial charge is 0.00728 e. The quantitative estimate of drug-likeness (QED) is 0.664. The lowest BCUT2D eigenvalue weighted by Gasteiger charge is -2.15. The summed E-state index contributed by atoms with van der Waals surface area (Å²) in [6, 6.07) is 0.551. The Kier molecular flexibility index (Phi) is 3.47. The van der Waals surface area contributed by atoms with Gasteiger partial charge in [-0.05, 0) is 55.3 Å². The second-order valence-corrected chi connectivity index (χ2v) is 6.93. The van der Waals surface area contributed by atoms with Crippen LogP contribution in [0.2, 0.25) is 0 Å². The van der Waals surface area contributed by atoms with E-state index >= 15 is 0 Å². The fourth-order valence-electron chi connectivity index (χ4n) is 5.14. The Morgan fingerprint density at radius 1 is 1.00 bits per heavy atom. The van der Waals surface area contributed by atoms with Gasteiger partial charge in [0, 0.05) is 6.04 Å². The zero-order valence-electron chi connectivity index (χ0n) is 11.4. The highest BCUT2D eigenvalue weighted by atomic mass is 14.8. The normalized spacial score (nSPS) is 43.8. The molecule has 0 aromatic rings. The van der Waals surface area contributed by atoms with Crippen LogP contribution in [-0.4, -0.2) is 6.04 Å². The first-order chi connectivity index (χ1) is 8.33. The first-order valence-electron chi connectivity index (χ1n) is 8.08. The first-order valence-corrected chi connectivity index (χ1v) is 8.08. The van der Waals surface area contributed by atoms with E-state index in [1.54, 1.807) is 6.42 Å². The Hall–Kier alpha value is -0.0400. The van der Waals surface area contributed by atoms with Gasteiger partial charge in [0.05, 0.1) is 0 Å². The predicted octanol–water partition coefficient (Wildman–Crippen LogP) is 3.97. The highest BCUT2D eigenvalue weighted by Crippen LogP contribution is 2.70. The second kappa shape index (κ2) is 4.91. The molecule has 0 heterocycles. The van der Waals surface area contributed by atoms with Crippen LogP contribution in [0.1, 0.15) is 64.7 Å². The molecule has 0 amide bonds. The Balaban J connectivity index is 1.36. The molecule has 0 spiro atoms. The lowest BCUT2D eigenvalue weighted by Crippen LogP contribution is -2.26. The summed E-state index contributed by atoms with van der Waals surface area (Å²) in [6.07, 6.45) is 12.9. The Morgan fingerprint density at radius 2 is 1.65 bits per heavy atom. The molecule has 0 aromatic carbocycles. The SMILES string of the molecule is CCCCCCCC(N)C1C2C3CCC(C3)C12. The first kappa shape index (κ1) is 12.0. The van der Waals surface area contributed by atoms with E-state index in [0.29, 0.717) is 6.04 Å². The fourth-order valence-corrected chi connectivity index (χ4v) is 5.14. The van der Waals surface area contributed by atoms with E-state index in [1.165, 1.54) is 51.4 Å². The molecule has 2 bridgehead atoms. The molecule has 1 nitrogen and oxygen atoms in total. The van der Waals surface area contributed by atoms with Crippen LogP contribution in [0.3, 0.4) is 0 Å². The molecule has 3 fully saturated rings.